The minimum Gasteiger partial charge on any atom is -0.508 e. The molecule has 1 saturated heterocycles. The van der Waals surface area contributed by atoms with Crippen molar-refractivity contribution in [2.24, 2.45) is 0 Å². The molecular formula is C20H20Cl2N2O5. The number of benzene rings is 2. The van der Waals surface area contributed by atoms with Gasteiger partial charge in [0.2, 0.25) is 0 Å². The molecule has 1 unspecified atom stereocenters. The number of morpholine rings is 1. The lowest BCUT2D eigenvalue weighted by atomic mass is 10.2. The Morgan fingerprint density at radius 1 is 1.21 bits per heavy atom. The first-order valence-electron chi connectivity index (χ1n) is 8.97. The molecule has 0 aliphatic carbocycles. The van der Waals surface area contributed by atoms with E-state index in [4.69, 9.17) is 32.7 Å². The Kier molecular flexibility index (Phi) is 7.19. The molecule has 0 spiro atoms. The van der Waals surface area contributed by atoms with Crippen molar-refractivity contribution in [2.45, 2.75) is 12.7 Å². The van der Waals surface area contributed by atoms with Gasteiger partial charge in [-0.2, -0.15) is 0 Å². The van der Waals surface area contributed by atoms with E-state index in [0.29, 0.717) is 40.9 Å². The topological polar surface area (TPSA) is 88.1 Å². The van der Waals surface area contributed by atoms with Gasteiger partial charge < -0.3 is 24.8 Å². The van der Waals surface area contributed by atoms with Crippen LogP contribution in [0.1, 0.15) is 15.9 Å². The maximum atomic E-state index is 12.4. The Balaban J connectivity index is 1.47. The van der Waals surface area contributed by atoms with Crippen LogP contribution in [-0.2, 0) is 16.1 Å². The first-order chi connectivity index (χ1) is 13.9. The Morgan fingerprint density at radius 2 is 1.97 bits per heavy atom. The van der Waals surface area contributed by atoms with Gasteiger partial charge in [-0.15, -0.1) is 0 Å². The van der Waals surface area contributed by atoms with Crippen molar-refractivity contribution < 1.29 is 24.2 Å². The zero-order valence-corrected chi connectivity index (χ0v) is 16.9. The number of aromatic hydroxyl groups is 1. The van der Waals surface area contributed by atoms with Crippen LogP contribution in [0.3, 0.4) is 0 Å². The number of nitrogens with one attached hydrogen (secondary N) is 1. The fourth-order valence-corrected chi connectivity index (χ4v) is 3.26. The van der Waals surface area contributed by atoms with E-state index in [1.165, 1.54) is 29.2 Å². The van der Waals surface area contributed by atoms with Crippen LogP contribution in [0.25, 0.3) is 0 Å². The van der Waals surface area contributed by atoms with Crippen molar-refractivity contribution in [3.05, 3.63) is 63.6 Å². The quantitative estimate of drug-likeness (QED) is 0.745. The largest absolute Gasteiger partial charge is 0.508 e. The molecule has 1 heterocycles. The molecule has 7 nitrogen and oxygen atoms in total. The van der Waals surface area contributed by atoms with Gasteiger partial charge in [-0.3, -0.25) is 4.79 Å². The number of halogens is 2. The van der Waals surface area contributed by atoms with Gasteiger partial charge in [0.15, 0.2) is 0 Å². The molecule has 1 aliphatic rings. The Bertz CT molecular complexity index is 876. The summed E-state index contributed by atoms with van der Waals surface area (Å²) < 4.78 is 11.0. The molecule has 9 heteroatoms. The molecule has 0 aromatic heterocycles. The van der Waals surface area contributed by atoms with Gasteiger partial charge in [0.25, 0.3) is 5.91 Å². The highest BCUT2D eigenvalue weighted by Gasteiger charge is 2.26. The van der Waals surface area contributed by atoms with E-state index < -0.39 is 6.09 Å². The number of phenols is 1. The molecule has 0 saturated carbocycles. The summed E-state index contributed by atoms with van der Waals surface area (Å²) in [6, 6.07) is 10.9. The van der Waals surface area contributed by atoms with Crippen LogP contribution >= 0.6 is 23.2 Å². The molecule has 2 amide bonds. The maximum Gasteiger partial charge on any atom is 0.410 e. The van der Waals surface area contributed by atoms with Gasteiger partial charge in [0, 0.05) is 34.3 Å². The van der Waals surface area contributed by atoms with Gasteiger partial charge in [-0.1, -0.05) is 29.3 Å². The van der Waals surface area contributed by atoms with Crippen molar-refractivity contribution >= 4 is 35.2 Å². The van der Waals surface area contributed by atoms with Gasteiger partial charge in [-0.25, -0.2) is 4.79 Å². The van der Waals surface area contributed by atoms with Crippen molar-refractivity contribution in [3.63, 3.8) is 0 Å². The molecule has 0 radical (unpaired) electrons. The number of hydrogen-bond acceptors (Lipinski definition) is 5. The van der Waals surface area contributed by atoms with Crippen LogP contribution in [0.15, 0.2) is 42.5 Å². The second-order valence-corrected chi connectivity index (χ2v) is 7.33. The number of amides is 2. The fourth-order valence-electron chi connectivity index (χ4n) is 2.80. The van der Waals surface area contributed by atoms with E-state index >= 15 is 0 Å². The van der Waals surface area contributed by atoms with Crippen LogP contribution in [-0.4, -0.2) is 54.4 Å². The number of nitrogens with zero attached hydrogens (tertiary/aromatic N) is 1. The SMILES string of the molecule is O=C(NCC1CN(C(=O)OCc2ccc(Cl)cc2Cl)CCO1)c1ccc(O)cc1. The lowest BCUT2D eigenvalue weighted by molar-refractivity contribution is -0.0263. The van der Waals surface area contributed by atoms with E-state index in [-0.39, 0.29) is 30.9 Å². The lowest BCUT2D eigenvalue weighted by Gasteiger charge is -2.32. The van der Waals surface area contributed by atoms with E-state index in [2.05, 4.69) is 5.32 Å². The van der Waals surface area contributed by atoms with Crippen molar-refractivity contribution in [1.82, 2.24) is 10.2 Å². The minimum absolute atomic E-state index is 0.0362. The van der Waals surface area contributed by atoms with Crippen LogP contribution < -0.4 is 5.32 Å². The number of phenolic OH excluding ortho intramolecular Hbond substituents is 1. The molecule has 2 aromatic carbocycles. The highest BCUT2D eigenvalue weighted by molar-refractivity contribution is 6.35. The van der Waals surface area contributed by atoms with Crippen molar-refractivity contribution in [3.8, 4) is 5.75 Å². The maximum absolute atomic E-state index is 12.4. The average Bonchev–Trinajstić information content (AvgIpc) is 2.72. The number of rotatable bonds is 5. The number of ether oxygens (including phenoxy) is 2. The molecule has 3 rings (SSSR count). The summed E-state index contributed by atoms with van der Waals surface area (Å²) in [7, 11) is 0. The third-order valence-electron chi connectivity index (χ3n) is 4.38. The molecule has 1 atom stereocenters. The first-order valence-corrected chi connectivity index (χ1v) is 9.72. The zero-order chi connectivity index (χ0) is 20.8. The molecule has 154 valence electrons. The second-order valence-electron chi connectivity index (χ2n) is 6.49. The smallest absolute Gasteiger partial charge is 0.410 e. The Hall–Kier alpha value is -2.48. The Labute approximate surface area is 178 Å². The van der Waals surface area contributed by atoms with Crippen molar-refractivity contribution in [1.29, 1.82) is 0 Å². The van der Waals surface area contributed by atoms with E-state index in [1.54, 1.807) is 18.2 Å². The molecule has 1 fully saturated rings. The van der Waals surface area contributed by atoms with Crippen LogP contribution in [0, 0.1) is 0 Å². The Morgan fingerprint density at radius 3 is 2.69 bits per heavy atom. The van der Waals surface area contributed by atoms with E-state index in [0.717, 1.165) is 0 Å². The molecule has 0 bridgehead atoms. The highest BCUT2D eigenvalue weighted by atomic mass is 35.5. The number of hydrogen-bond donors (Lipinski definition) is 2. The third kappa shape index (κ3) is 6.00. The van der Waals surface area contributed by atoms with Crippen molar-refractivity contribution in [2.75, 3.05) is 26.2 Å². The summed E-state index contributed by atoms with van der Waals surface area (Å²) in [5, 5.41) is 13.0. The summed E-state index contributed by atoms with van der Waals surface area (Å²) in [5.41, 5.74) is 1.09. The summed E-state index contributed by atoms with van der Waals surface area (Å²) in [6.07, 6.45) is -0.828. The normalized spacial score (nSPS) is 16.3. The fraction of sp³-hybridized carbons (Fsp3) is 0.300. The van der Waals surface area contributed by atoms with Gasteiger partial charge in [-0.05, 0) is 36.4 Å². The molecule has 1 aliphatic heterocycles. The van der Waals surface area contributed by atoms with Gasteiger partial charge in [0.1, 0.15) is 12.4 Å². The number of carbonyl (C=O) groups excluding carboxylic acids is 2. The summed E-state index contributed by atoms with van der Waals surface area (Å²) in [4.78, 5) is 26.0. The van der Waals surface area contributed by atoms with Gasteiger partial charge >= 0.3 is 6.09 Å². The summed E-state index contributed by atoms with van der Waals surface area (Å²) in [6.45, 7) is 1.32. The molecular weight excluding hydrogens is 419 g/mol. The lowest BCUT2D eigenvalue weighted by Crippen LogP contribution is -2.49. The molecule has 29 heavy (non-hydrogen) atoms. The predicted molar refractivity (Wildman–Crippen MR) is 108 cm³/mol. The molecule has 2 N–H and O–H groups in total. The predicted octanol–water partition coefficient (Wildman–Crippen LogP) is 3.47. The first kappa shape index (κ1) is 21.2. The summed E-state index contributed by atoms with van der Waals surface area (Å²) in [5.74, 6) is -0.197. The number of carbonyl (C=O) groups is 2. The zero-order valence-electron chi connectivity index (χ0n) is 15.4. The molecule has 2 aromatic rings. The minimum atomic E-state index is -0.478. The van der Waals surface area contributed by atoms with Gasteiger partial charge in [0.05, 0.1) is 19.3 Å². The van der Waals surface area contributed by atoms with E-state index in [9.17, 15) is 14.7 Å². The average molecular weight is 439 g/mol. The summed E-state index contributed by atoms with van der Waals surface area (Å²) >= 11 is 11.9. The van der Waals surface area contributed by atoms with Crippen LogP contribution in [0.4, 0.5) is 4.79 Å². The van der Waals surface area contributed by atoms with Crippen LogP contribution in [0.2, 0.25) is 10.0 Å². The third-order valence-corrected chi connectivity index (χ3v) is 4.97. The second kappa shape index (κ2) is 9.82. The van der Waals surface area contributed by atoms with E-state index in [1.807, 2.05) is 0 Å². The highest BCUT2D eigenvalue weighted by Crippen LogP contribution is 2.22. The van der Waals surface area contributed by atoms with Crippen LogP contribution in [0.5, 0.6) is 5.75 Å². The standard InChI is InChI=1S/C20H20Cl2N2O5/c21-15-4-1-14(18(22)9-15)12-29-20(27)24-7-8-28-17(11-24)10-23-19(26)13-2-5-16(25)6-3-13/h1-6,9,17,25H,7-8,10-12H2,(H,23,26). The monoisotopic (exact) mass is 438 g/mol.